The number of benzene rings is 2. The Labute approximate surface area is 130 Å². The van der Waals surface area contributed by atoms with Gasteiger partial charge in [0.1, 0.15) is 13.2 Å². The van der Waals surface area contributed by atoms with Crippen LogP contribution in [0.5, 0.6) is 23.0 Å². The molecule has 5 nitrogen and oxygen atoms in total. The second kappa shape index (κ2) is 5.73. The molecule has 0 aliphatic carbocycles. The first-order valence-electron chi connectivity index (χ1n) is 6.48. The number of anilines is 1. The van der Waals surface area contributed by atoms with Crippen LogP contribution in [0.4, 0.5) is 5.69 Å². The number of phenolic OH excluding ortho intramolecular Hbond substituents is 2. The maximum atomic E-state index is 9.79. The van der Waals surface area contributed by atoms with Gasteiger partial charge in [0.25, 0.3) is 0 Å². The molecule has 0 aromatic heterocycles. The highest BCUT2D eigenvalue weighted by Gasteiger charge is 2.15. The third kappa shape index (κ3) is 2.85. The van der Waals surface area contributed by atoms with Gasteiger partial charge in [-0.1, -0.05) is 12.1 Å². The maximum absolute atomic E-state index is 9.79. The molecule has 0 spiro atoms. The van der Waals surface area contributed by atoms with Gasteiger partial charge < -0.3 is 25.0 Å². The summed E-state index contributed by atoms with van der Waals surface area (Å²) < 4.78 is 11.9. The lowest BCUT2D eigenvalue weighted by Gasteiger charge is -2.20. The van der Waals surface area contributed by atoms with Crippen LogP contribution in [-0.4, -0.2) is 23.4 Å². The minimum atomic E-state index is -0.129. The van der Waals surface area contributed by atoms with E-state index in [0.29, 0.717) is 36.8 Å². The molecule has 1 heterocycles. The summed E-state index contributed by atoms with van der Waals surface area (Å²) in [6.07, 6.45) is 0. The Morgan fingerprint density at radius 3 is 2.57 bits per heavy atom. The van der Waals surface area contributed by atoms with Gasteiger partial charge >= 0.3 is 0 Å². The molecule has 3 rings (SSSR count). The average Bonchev–Trinajstić information content (AvgIpc) is 2.49. The number of para-hydroxylation sites is 1. The Bertz CT molecular complexity index is 675. The third-order valence-corrected chi connectivity index (χ3v) is 3.86. The van der Waals surface area contributed by atoms with E-state index in [2.05, 4.69) is 21.2 Å². The summed E-state index contributed by atoms with van der Waals surface area (Å²) >= 11 is 3.47. The topological polar surface area (TPSA) is 71.0 Å². The molecule has 0 saturated heterocycles. The number of halogens is 1. The zero-order valence-electron chi connectivity index (χ0n) is 11.1. The van der Waals surface area contributed by atoms with E-state index in [0.717, 1.165) is 10.2 Å². The predicted octanol–water partition coefficient (Wildman–Crippen LogP) is 3.24. The van der Waals surface area contributed by atoms with E-state index in [4.69, 9.17) is 9.47 Å². The lowest BCUT2D eigenvalue weighted by molar-refractivity contribution is 0.171. The minimum Gasteiger partial charge on any atom is -0.504 e. The van der Waals surface area contributed by atoms with Crippen molar-refractivity contribution in [3.63, 3.8) is 0 Å². The zero-order chi connectivity index (χ0) is 14.8. The summed E-state index contributed by atoms with van der Waals surface area (Å²) in [5.74, 6) is 1.15. The van der Waals surface area contributed by atoms with Crippen LogP contribution in [0.25, 0.3) is 0 Å². The molecule has 2 aromatic rings. The van der Waals surface area contributed by atoms with Crippen LogP contribution < -0.4 is 14.8 Å². The van der Waals surface area contributed by atoms with E-state index >= 15 is 0 Å². The van der Waals surface area contributed by atoms with E-state index in [9.17, 15) is 10.2 Å². The van der Waals surface area contributed by atoms with Crippen LogP contribution in [-0.2, 0) is 6.54 Å². The number of aromatic hydroxyl groups is 2. The Morgan fingerprint density at radius 1 is 1.10 bits per heavy atom. The van der Waals surface area contributed by atoms with Crippen LogP contribution in [0.15, 0.2) is 34.8 Å². The summed E-state index contributed by atoms with van der Waals surface area (Å²) in [6.45, 7) is 1.45. The summed E-state index contributed by atoms with van der Waals surface area (Å²) in [7, 11) is 0. The van der Waals surface area contributed by atoms with E-state index in [1.165, 1.54) is 6.07 Å². The highest BCUT2D eigenvalue weighted by atomic mass is 79.9. The quantitative estimate of drug-likeness (QED) is 0.740. The molecule has 21 heavy (non-hydrogen) atoms. The second-order valence-corrected chi connectivity index (χ2v) is 5.47. The SMILES string of the molecule is Oc1cccc(CNc2cc3c(cc2Br)OCCO3)c1O. The highest BCUT2D eigenvalue weighted by molar-refractivity contribution is 9.10. The molecule has 0 atom stereocenters. The van der Waals surface area contributed by atoms with Crippen LogP contribution in [0, 0.1) is 0 Å². The third-order valence-electron chi connectivity index (χ3n) is 3.20. The van der Waals surface area contributed by atoms with Crippen LogP contribution in [0.3, 0.4) is 0 Å². The van der Waals surface area contributed by atoms with Gasteiger partial charge in [0, 0.05) is 28.7 Å². The van der Waals surface area contributed by atoms with Crippen LogP contribution in [0.2, 0.25) is 0 Å². The van der Waals surface area contributed by atoms with Gasteiger partial charge in [-0.15, -0.1) is 0 Å². The van der Waals surface area contributed by atoms with Crippen molar-refractivity contribution in [2.45, 2.75) is 6.54 Å². The van der Waals surface area contributed by atoms with E-state index < -0.39 is 0 Å². The monoisotopic (exact) mass is 351 g/mol. The van der Waals surface area contributed by atoms with Crippen molar-refractivity contribution < 1.29 is 19.7 Å². The van der Waals surface area contributed by atoms with Crippen molar-refractivity contribution in [1.29, 1.82) is 0 Å². The smallest absolute Gasteiger partial charge is 0.163 e. The largest absolute Gasteiger partial charge is 0.504 e. The Kier molecular flexibility index (Phi) is 3.79. The lowest BCUT2D eigenvalue weighted by Crippen LogP contribution is -2.15. The summed E-state index contributed by atoms with van der Waals surface area (Å²) in [5, 5.41) is 22.5. The molecule has 0 bridgehead atoms. The Balaban J connectivity index is 1.80. The predicted molar refractivity (Wildman–Crippen MR) is 82.2 cm³/mol. The van der Waals surface area contributed by atoms with E-state index in [-0.39, 0.29) is 11.5 Å². The number of hydrogen-bond acceptors (Lipinski definition) is 5. The molecule has 1 aliphatic rings. The van der Waals surface area contributed by atoms with Gasteiger partial charge in [-0.3, -0.25) is 0 Å². The summed E-state index contributed by atoms with van der Waals surface area (Å²) in [4.78, 5) is 0. The molecule has 6 heteroatoms. The van der Waals surface area contributed by atoms with Crippen molar-refractivity contribution >= 4 is 21.6 Å². The highest BCUT2D eigenvalue weighted by Crippen LogP contribution is 2.38. The summed E-state index contributed by atoms with van der Waals surface area (Å²) in [5.41, 5.74) is 1.43. The Morgan fingerprint density at radius 2 is 1.81 bits per heavy atom. The fourth-order valence-electron chi connectivity index (χ4n) is 2.11. The van der Waals surface area contributed by atoms with Gasteiger partial charge in [0.2, 0.25) is 0 Å². The number of hydrogen-bond donors (Lipinski definition) is 3. The van der Waals surface area contributed by atoms with E-state index in [1.54, 1.807) is 12.1 Å². The number of rotatable bonds is 3. The fraction of sp³-hybridized carbons (Fsp3) is 0.200. The average molecular weight is 352 g/mol. The molecule has 0 radical (unpaired) electrons. The van der Waals surface area contributed by atoms with E-state index in [1.807, 2.05) is 12.1 Å². The summed E-state index contributed by atoms with van der Waals surface area (Å²) in [6, 6.07) is 8.56. The number of nitrogens with one attached hydrogen (secondary N) is 1. The minimum absolute atomic E-state index is 0.112. The Hall–Kier alpha value is -2.08. The number of phenols is 2. The molecule has 110 valence electrons. The molecule has 0 amide bonds. The van der Waals surface area contributed by atoms with Gasteiger partial charge in [0.05, 0.1) is 5.69 Å². The number of ether oxygens (including phenoxy) is 2. The molecule has 1 aliphatic heterocycles. The van der Waals surface area contributed by atoms with Gasteiger partial charge in [-0.2, -0.15) is 0 Å². The molecule has 2 aromatic carbocycles. The van der Waals surface area contributed by atoms with Crippen LogP contribution in [0.1, 0.15) is 5.56 Å². The van der Waals surface area contributed by atoms with Gasteiger partial charge in [0.15, 0.2) is 23.0 Å². The van der Waals surface area contributed by atoms with Crippen molar-refractivity contribution in [3.05, 3.63) is 40.4 Å². The van der Waals surface area contributed by atoms with Gasteiger partial charge in [-0.25, -0.2) is 0 Å². The lowest BCUT2D eigenvalue weighted by atomic mass is 10.1. The fourth-order valence-corrected chi connectivity index (χ4v) is 2.57. The number of fused-ring (bicyclic) bond motifs is 1. The van der Waals surface area contributed by atoms with Crippen LogP contribution >= 0.6 is 15.9 Å². The molecule has 0 saturated carbocycles. The first-order valence-corrected chi connectivity index (χ1v) is 7.27. The van der Waals surface area contributed by atoms with Crippen molar-refractivity contribution in [3.8, 4) is 23.0 Å². The zero-order valence-corrected chi connectivity index (χ0v) is 12.7. The molecule has 3 N–H and O–H groups in total. The normalized spacial score (nSPS) is 13.0. The molecule has 0 fully saturated rings. The second-order valence-electron chi connectivity index (χ2n) is 4.61. The molecule has 0 unspecified atom stereocenters. The van der Waals surface area contributed by atoms with Crippen molar-refractivity contribution in [1.82, 2.24) is 0 Å². The molecular formula is C15H14BrNO4. The van der Waals surface area contributed by atoms with Gasteiger partial charge in [-0.05, 0) is 22.0 Å². The first-order chi connectivity index (χ1) is 10.1. The standard InChI is InChI=1S/C15H14BrNO4/c16-10-6-13-14(21-5-4-20-13)7-11(10)17-8-9-2-1-3-12(18)15(9)19/h1-3,6-7,17-19H,4-5,8H2. The maximum Gasteiger partial charge on any atom is 0.163 e. The van der Waals surface area contributed by atoms with Crippen molar-refractivity contribution in [2.75, 3.05) is 18.5 Å². The first kappa shape index (κ1) is 13.9. The van der Waals surface area contributed by atoms with Crippen molar-refractivity contribution in [2.24, 2.45) is 0 Å². The molecular weight excluding hydrogens is 338 g/mol.